The fourth-order valence-corrected chi connectivity index (χ4v) is 4.91. The third-order valence-corrected chi connectivity index (χ3v) is 6.52. The summed E-state index contributed by atoms with van der Waals surface area (Å²) in [6.45, 7) is 6.23. The van der Waals surface area contributed by atoms with Gasteiger partial charge in [0.05, 0.1) is 42.6 Å². The lowest BCUT2D eigenvalue weighted by atomic mass is 9.90. The van der Waals surface area contributed by atoms with Crippen LogP contribution in [0.1, 0.15) is 47.2 Å². The molecule has 0 saturated carbocycles. The number of nitriles is 1. The number of anilines is 1. The van der Waals surface area contributed by atoms with E-state index in [-0.39, 0.29) is 24.3 Å². The van der Waals surface area contributed by atoms with Gasteiger partial charge in [-0.05, 0) is 50.6 Å². The number of carbonyl (C=O) groups excluding carboxylic acids is 1. The number of rotatable bonds is 4. The van der Waals surface area contributed by atoms with Crippen LogP contribution in [0.15, 0.2) is 40.9 Å². The van der Waals surface area contributed by atoms with Gasteiger partial charge in [-0.2, -0.15) is 5.26 Å². The van der Waals surface area contributed by atoms with Crippen LogP contribution in [0.25, 0.3) is 11.1 Å². The SMILES string of the molecule is COc1cc2c(cc1-c1c(C)noc1C)NCC1OC(=O)N(C(C)c3cccc(C#N)c3)C21. The van der Waals surface area contributed by atoms with Crippen molar-refractivity contribution in [3.63, 3.8) is 0 Å². The molecule has 0 radical (unpaired) electrons. The number of methoxy groups -OCH3 is 1. The minimum Gasteiger partial charge on any atom is -0.496 e. The van der Waals surface area contributed by atoms with Crippen LogP contribution in [0.2, 0.25) is 0 Å². The number of aromatic nitrogens is 1. The van der Waals surface area contributed by atoms with Crippen molar-refractivity contribution in [2.45, 2.75) is 39.0 Å². The van der Waals surface area contributed by atoms with Gasteiger partial charge in [0, 0.05) is 16.8 Å². The van der Waals surface area contributed by atoms with Crippen molar-refractivity contribution in [1.29, 1.82) is 5.26 Å². The third kappa shape index (κ3) is 3.28. The van der Waals surface area contributed by atoms with Crippen LogP contribution in [-0.2, 0) is 4.74 Å². The molecule has 3 unspecified atom stereocenters. The first-order valence-corrected chi connectivity index (χ1v) is 10.8. The molecular formula is C25H24N4O4. The normalized spacial score (nSPS) is 19.7. The molecule has 0 bridgehead atoms. The molecule has 0 spiro atoms. The van der Waals surface area contributed by atoms with E-state index in [9.17, 15) is 10.1 Å². The largest absolute Gasteiger partial charge is 0.496 e. The molecular weight excluding hydrogens is 420 g/mol. The Balaban J connectivity index is 1.60. The van der Waals surface area contributed by atoms with Gasteiger partial charge in [-0.15, -0.1) is 0 Å². The predicted molar refractivity (Wildman–Crippen MR) is 121 cm³/mol. The number of amides is 1. The molecule has 1 fully saturated rings. The molecule has 1 amide bonds. The van der Waals surface area contributed by atoms with Crippen LogP contribution >= 0.6 is 0 Å². The fraction of sp³-hybridized carbons (Fsp3) is 0.320. The molecule has 3 heterocycles. The van der Waals surface area contributed by atoms with E-state index in [2.05, 4.69) is 16.5 Å². The molecule has 5 rings (SSSR count). The number of nitrogens with one attached hydrogen (secondary N) is 1. The first-order valence-electron chi connectivity index (χ1n) is 10.8. The molecule has 1 aromatic heterocycles. The summed E-state index contributed by atoms with van der Waals surface area (Å²) in [6, 6.07) is 12.9. The number of benzene rings is 2. The Morgan fingerprint density at radius 3 is 2.82 bits per heavy atom. The second-order valence-electron chi connectivity index (χ2n) is 8.41. The predicted octanol–water partition coefficient (Wildman–Crippen LogP) is 4.89. The average molecular weight is 444 g/mol. The molecule has 2 aliphatic heterocycles. The van der Waals surface area contributed by atoms with Crippen molar-refractivity contribution in [2.75, 3.05) is 19.0 Å². The molecule has 0 aliphatic carbocycles. The van der Waals surface area contributed by atoms with Crippen molar-refractivity contribution in [1.82, 2.24) is 10.1 Å². The van der Waals surface area contributed by atoms with E-state index < -0.39 is 0 Å². The summed E-state index contributed by atoms with van der Waals surface area (Å²) < 4.78 is 16.9. The molecule has 1 saturated heterocycles. The highest BCUT2D eigenvalue weighted by molar-refractivity contribution is 5.81. The van der Waals surface area contributed by atoms with Gasteiger partial charge in [-0.1, -0.05) is 17.3 Å². The summed E-state index contributed by atoms with van der Waals surface area (Å²) >= 11 is 0. The Morgan fingerprint density at radius 2 is 2.12 bits per heavy atom. The highest BCUT2D eigenvalue weighted by Crippen LogP contribution is 2.48. The number of aryl methyl sites for hydroxylation is 2. The van der Waals surface area contributed by atoms with Crippen molar-refractivity contribution in [3.8, 4) is 22.9 Å². The Hall–Kier alpha value is -3.99. The summed E-state index contributed by atoms with van der Waals surface area (Å²) in [5, 5.41) is 16.8. The number of ether oxygens (including phenoxy) is 2. The lowest BCUT2D eigenvalue weighted by Gasteiger charge is -2.35. The molecule has 2 aliphatic rings. The molecule has 3 aromatic rings. The molecule has 8 heteroatoms. The summed E-state index contributed by atoms with van der Waals surface area (Å²) in [5.41, 5.74) is 5.83. The van der Waals surface area contributed by atoms with E-state index in [4.69, 9.17) is 14.0 Å². The van der Waals surface area contributed by atoms with Crippen LogP contribution in [0.5, 0.6) is 5.75 Å². The highest BCUT2D eigenvalue weighted by Gasteiger charge is 2.48. The van der Waals surface area contributed by atoms with Gasteiger partial charge in [0.25, 0.3) is 0 Å². The number of nitrogens with zero attached hydrogens (tertiary/aromatic N) is 3. The quantitative estimate of drug-likeness (QED) is 0.611. The smallest absolute Gasteiger partial charge is 0.411 e. The molecule has 3 atom stereocenters. The zero-order valence-corrected chi connectivity index (χ0v) is 18.9. The van der Waals surface area contributed by atoms with Gasteiger partial charge >= 0.3 is 6.09 Å². The maximum Gasteiger partial charge on any atom is 0.411 e. The van der Waals surface area contributed by atoms with Crippen molar-refractivity contribution in [2.24, 2.45) is 0 Å². The van der Waals surface area contributed by atoms with Crippen molar-refractivity contribution >= 4 is 11.8 Å². The van der Waals surface area contributed by atoms with E-state index in [0.717, 1.165) is 33.6 Å². The molecule has 1 N–H and O–H groups in total. The number of carbonyl (C=O) groups is 1. The van der Waals surface area contributed by atoms with Gasteiger partial charge in [0.15, 0.2) is 0 Å². The Bertz CT molecular complexity index is 1270. The minimum atomic E-state index is -0.372. The van der Waals surface area contributed by atoms with Gasteiger partial charge < -0.3 is 19.3 Å². The van der Waals surface area contributed by atoms with Crippen LogP contribution < -0.4 is 10.1 Å². The lowest BCUT2D eigenvalue weighted by Crippen LogP contribution is -2.37. The number of hydrogen-bond acceptors (Lipinski definition) is 7. The van der Waals surface area contributed by atoms with Crippen molar-refractivity contribution < 1.29 is 18.8 Å². The van der Waals surface area contributed by atoms with E-state index in [0.29, 0.717) is 23.6 Å². The monoisotopic (exact) mass is 444 g/mol. The Labute approximate surface area is 191 Å². The number of fused-ring (bicyclic) bond motifs is 3. The third-order valence-electron chi connectivity index (χ3n) is 6.52. The van der Waals surface area contributed by atoms with E-state index in [1.165, 1.54) is 0 Å². The lowest BCUT2D eigenvalue weighted by molar-refractivity contribution is 0.131. The maximum atomic E-state index is 13.0. The summed E-state index contributed by atoms with van der Waals surface area (Å²) in [5.74, 6) is 1.38. The summed E-state index contributed by atoms with van der Waals surface area (Å²) in [6.07, 6.45) is -0.704. The second kappa shape index (κ2) is 7.85. The Morgan fingerprint density at radius 1 is 1.30 bits per heavy atom. The second-order valence-corrected chi connectivity index (χ2v) is 8.41. The van der Waals surface area contributed by atoms with E-state index in [1.807, 2.05) is 51.1 Å². The first-order chi connectivity index (χ1) is 15.9. The zero-order chi connectivity index (χ0) is 23.3. The highest BCUT2D eigenvalue weighted by atomic mass is 16.6. The summed E-state index contributed by atoms with van der Waals surface area (Å²) in [4.78, 5) is 14.7. The Kier molecular flexibility index (Phi) is 4.97. The van der Waals surface area contributed by atoms with Crippen LogP contribution in [0.3, 0.4) is 0 Å². The first kappa shape index (κ1) is 20.9. The van der Waals surface area contributed by atoms with Gasteiger partial charge in [-0.25, -0.2) is 4.79 Å². The van der Waals surface area contributed by atoms with E-state index in [1.54, 1.807) is 18.1 Å². The molecule has 8 nitrogen and oxygen atoms in total. The van der Waals surface area contributed by atoms with Gasteiger partial charge in [0.2, 0.25) is 0 Å². The van der Waals surface area contributed by atoms with Crippen molar-refractivity contribution in [3.05, 3.63) is 64.5 Å². The molecule has 2 aromatic carbocycles. The van der Waals surface area contributed by atoms with Gasteiger partial charge in [-0.3, -0.25) is 4.90 Å². The molecule has 33 heavy (non-hydrogen) atoms. The van der Waals surface area contributed by atoms with E-state index >= 15 is 0 Å². The van der Waals surface area contributed by atoms with Crippen LogP contribution in [0.4, 0.5) is 10.5 Å². The van der Waals surface area contributed by atoms with Crippen LogP contribution in [0, 0.1) is 25.2 Å². The maximum absolute atomic E-state index is 13.0. The van der Waals surface area contributed by atoms with Gasteiger partial charge in [0.1, 0.15) is 23.7 Å². The molecule has 168 valence electrons. The number of hydrogen-bond donors (Lipinski definition) is 1. The topological polar surface area (TPSA) is 101 Å². The summed E-state index contributed by atoms with van der Waals surface area (Å²) in [7, 11) is 1.63. The minimum absolute atomic E-state index is 0.278. The van der Waals surface area contributed by atoms with Crippen LogP contribution in [-0.4, -0.2) is 35.9 Å². The fourth-order valence-electron chi connectivity index (χ4n) is 4.91. The average Bonchev–Trinajstić information content (AvgIpc) is 3.35. The zero-order valence-electron chi connectivity index (χ0n) is 18.9. The standard InChI is InChI=1S/C25H24N4O4/c1-13-23(15(3)33-28-13)19-9-20-18(10-21(19)31-4)24-22(12-27-20)32-25(30)29(24)14(2)17-7-5-6-16(8-17)11-26/h5-10,14,22,24,27H,12H2,1-4H3.